The van der Waals surface area contributed by atoms with Gasteiger partial charge in [0.25, 0.3) is 0 Å². The molecule has 0 heterocycles. The molecule has 0 atom stereocenters. The summed E-state index contributed by atoms with van der Waals surface area (Å²) in [5.41, 5.74) is 0.710. The first kappa shape index (κ1) is 18.9. The van der Waals surface area contributed by atoms with Gasteiger partial charge in [0.05, 0.1) is 25.9 Å². The summed E-state index contributed by atoms with van der Waals surface area (Å²) in [4.78, 5) is 11.7. The maximum absolute atomic E-state index is 11.7. The molecule has 5 heteroatoms. The second-order valence-electron chi connectivity index (χ2n) is 4.96. The third kappa shape index (κ3) is 6.22. The molecular formula is C18H26O5. The number of carbonyl (C=O) groups is 1. The lowest BCUT2D eigenvalue weighted by atomic mass is 10.1. The number of hydrogen-bond donors (Lipinski definition) is 0. The maximum Gasteiger partial charge on any atom is 0.331 e. The largest absolute Gasteiger partial charge is 0.494 e. The zero-order valence-electron chi connectivity index (χ0n) is 14.5. The van der Waals surface area contributed by atoms with Gasteiger partial charge in [-0.25, -0.2) is 4.79 Å². The van der Waals surface area contributed by atoms with Crippen LogP contribution in [-0.2, 0) is 9.53 Å². The summed E-state index contributed by atoms with van der Waals surface area (Å²) in [6.45, 7) is 10.9. The highest BCUT2D eigenvalue weighted by Crippen LogP contribution is 2.37. The van der Waals surface area contributed by atoms with E-state index in [1.807, 2.05) is 26.8 Å². The Morgan fingerprint density at radius 3 is 2.26 bits per heavy atom. The van der Waals surface area contributed by atoms with Gasteiger partial charge < -0.3 is 18.9 Å². The average molecular weight is 322 g/mol. The van der Waals surface area contributed by atoms with Crippen LogP contribution in [0.1, 0.15) is 40.2 Å². The third-order valence-electron chi connectivity index (χ3n) is 2.71. The molecule has 1 rings (SSSR count). The Morgan fingerprint density at radius 1 is 1.04 bits per heavy atom. The van der Waals surface area contributed by atoms with Crippen LogP contribution < -0.4 is 14.2 Å². The lowest BCUT2D eigenvalue weighted by molar-refractivity contribution is -0.141. The molecule has 0 aliphatic carbocycles. The molecule has 0 spiro atoms. The molecule has 0 bridgehead atoms. The predicted molar refractivity (Wildman–Crippen MR) is 90.2 cm³/mol. The summed E-state index contributed by atoms with van der Waals surface area (Å²) in [6, 6.07) is 3.61. The first-order valence-corrected chi connectivity index (χ1v) is 7.96. The van der Waals surface area contributed by atoms with E-state index in [1.165, 1.54) is 6.08 Å². The summed E-state index contributed by atoms with van der Waals surface area (Å²) < 4.78 is 22.0. The van der Waals surface area contributed by atoms with Crippen molar-refractivity contribution in [2.75, 3.05) is 19.8 Å². The highest BCUT2D eigenvalue weighted by Gasteiger charge is 2.13. The van der Waals surface area contributed by atoms with E-state index in [1.54, 1.807) is 26.0 Å². The van der Waals surface area contributed by atoms with Gasteiger partial charge in [-0.3, -0.25) is 0 Å². The van der Waals surface area contributed by atoms with Gasteiger partial charge in [0.2, 0.25) is 0 Å². The van der Waals surface area contributed by atoms with Crippen LogP contribution >= 0.6 is 0 Å². The van der Waals surface area contributed by atoms with Crippen LogP contribution in [-0.4, -0.2) is 31.9 Å². The highest BCUT2D eigenvalue weighted by atomic mass is 16.5. The van der Waals surface area contributed by atoms with Crippen molar-refractivity contribution in [1.29, 1.82) is 0 Å². The molecule has 0 aromatic heterocycles. The molecule has 0 radical (unpaired) electrons. The topological polar surface area (TPSA) is 54.0 Å². The van der Waals surface area contributed by atoms with Gasteiger partial charge >= 0.3 is 5.97 Å². The number of ether oxygens (including phenoxy) is 4. The number of esters is 1. The molecule has 0 unspecified atom stereocenters. The Hall–Kier alpha value is -2.17. The van der Waals surface area contributed by atoms with Crippen molar-refractivity contribution in [3.8, 4) is 17.2 Å². The van der Waals surface area contributed by atoms with Crippen molar-refractivity contribution in [2.24, 2.45) is 0 Å². The molecule has 0 saturated heterocycles. The molecule has 0 aliphatic rings. The molecule has 1 aromatic carbocycles. The fourth-order valence-corrected chi connectivity index (χ4v) is 1.96. The summed E-state index contributed by atoms with van der Waals surface area (Å²) in [7, 11) is 0. The van der Waals surface area contributed by atoms with Crippen molar-refractivity contribution in [2.45, 2.75) is 40.7 Å². The molecule has 0 amide bonds. The SMILES string of the molecule is CCOc1cc(C=CC(=O)OC(C)C)c(OCC)c(OCC)c1. The van der Waals surface area contributed by atoms with Crippen LogP contribution in [0.5, 0.6) is 17.2 Å². The van der Waals surface area contributed by atoms with E-state index < -0.39 is 5.97 Å². The Balaban J connectivity index is 3.18. The van der Waals surface area contributed by atoms with Gasteiger partial charge in [-0.2, -0.15) is 0 Å². The molecule has 0 N–H and O–H groups in total. The van der Waals surface area contributed by atoms with Crippen molar-refractivity contribution in [3.05, 3.63) is 23.8 Å². The number of hydrogen-bond acceptors (Lipinski definition) is 5. The van der Waals surface area contributed by atoms with Crippen molar-refractivity contribution in [1.82, 2.24) is 0 Å². The lowest BCUT2D eigenvalue weighted by Gasteiger charge is -2.15. The van der Waals surface area contributed by atoms with E-state index >= 15 is 0 Å². The van der Waals surface area contributed by atoms with Gasteiger partial charge in [0.15, 0.2) is 11.5 Å². The fourth-order valence-electron chi connectivity index (χ4n) is 1.96. The number of benzene rings is 1. The van der Waals surface area contributed by atoms with Gasteiger partial charge in [0.1, 0.15) is 5.75 Å². The molecule has 1 aromatic rings. The van der Waals surface area contributed by atoms with Gasteiger partial charge in [0, 0.05) is 17.7 Å². The molecule has 0 fully saturated rings. The Labute approximate surface area is 138 Å². The first-order chi connectivity index (χ1) is 11.0. The van der Waals surface area contributed by atoms with E-state index in [9.17, 15) is 4.79 Å². The van der Waals surface area contributed by atoms with Crippen molar-refractivity contribution in [3.63, 3.8) is 0 Å². The average Bonchev–Trinajstić information content (AvgIpc) is 2.48. The molecule has 128 valence electrons. The Morgan fingerprint density at radius 2 is 1.70 bits per heavy atom. The minimum Gasteiger partial charge on any atom is -0.494 e. The quantitative estimate of drug-likeness (QED) is 0.510. The zero-order chi connectivity index (χ0) is 17.2. The summed E-state index contributed by atoms with van der Waals surface area (Å²) in [6.07, 6.45) is 2.87. The van der Waals surface area contributed by atoms with E-state index in [0.717, 1.165) is 0 Å². The Bertz CT molecular complexity index is 534. The van der Waals surface area contributed by atoms with E-state index in [4.69, 9.17) is 18.9 Å². The van der Waals surface area contributed by atoms with E-state index in [-0.39, 0.29) is 6.10 Å². The second-order valence-corrected chi connectivity index (χ2v) is 4.96. The van der Waals surface area contributed by atoms with Crippen LogP contribution in [0.25, 0.3) is 6.08 Å². The summed E-state index contributed by atoms with van der Waals surface area (Å²) in [5.74, 6) is 1.45. The van der Waals surface area contributed by atoms with Crippen LogP contribution in [0, 0.1) is 0 Å². The molecule has 0 aliphatic heterocycles. The predicted octanol–water partition coefficient (Wildman–Crippen LogP) is 3.85. The summed E-state index contributed by atoms with van der Waals surface area (Å²) in [5, 5.41) is 0. The summed E-state index contributed by atoms with van der Waals surface area (Å²) >= 11 is 0. The highest BCUT2D eigenvalue weighted by molar-refractivity contribution is 5.88. The van der Waals surface area contributed by atoms with Crippen LogP contribution in [0.4, 0.5) is 0 Å². The minimum absolute atomic E-state index is 0.160. The molecule has 5 nitrogen and oxygen atoms in total. The van der Waals surface area contributed by atoms with Gasteiger partial charge in [-0.05, 0) is 46.8 Å². The molecule has 23 heavy (non-hydrogen) atoms. The third-order valence-corrected chi connectivity index (χ3v) is 2.71. The molecular weight excluding hydrogens is 296 g/mol. The first-order valence-electron chi connectivity index (χ1n) is 7.96. The zero-order valence-corrected chi connectivity index (χ0v) is 14.5. The normalized spacial score (nSPS) is 10.9. The Kier molecular flexibility index (Phi) is 8.02. The number of carbonyl (C=O) groups excluding carboxylic acids is 1. The standard InChI is InChI=1S/C18H26O5/c1-6-20-15-11-14(9-10-17(19)23-13(4)5)18(22-8-3)16(12-15)21-7-2/h9-13H,6-8H2,1-5H3. The van der Waals surface area contributed by atoms with Gasteiger partial charge in [-0.15, -0.1) is 0 Å². The van der Waals surface area contributed by atoms with Crippen LogP contribution in [0.3, 0.4) is 0 Å². The fraction of sp³-hybridized carbons (Fsp3) is 0.500. The lowest BCUT2D eigenvalue weighted by Crippen LogP contribution is -2.08. The maximum atomic E-state index is 11.7. The van der Waals surface area contributed by atoms with E-state index in [0.29, 0.717) is 42.6 Å². The van der Waals surface area contributed by atoms with Crippen LogP contribution in [0.15, 0.2) is 18.2 Å². The van der Waals surface area contributed by atoms with Crippen molar-refractivity contribution < 1.29 is 23.7 Å². The van der Waals surface area contributed by atoms with Crippen molar-refractivity contribution >= 4 is 12.0 Å². The smallest absolute Gasteiger partial charge is 0.331 e. The van der Waals surface area contributed by atoms with Gasteiger partial charge in [-0.1, -0.05) is 0 Å². The molecule has 0 saturated carbocycles. The van der Waals surface area contributed by atoms with E-state index in [2.05, 4.69) is 0 Å². The monoisotopic (exact) mass is 322 g/mol. The number of rotatable bonds is 9. The second kappa shape index (κ2) is 9.77. The minimum atomic E-state index is -0.401. The van der Waals surface area contributed by atoms with Crippen LogP contribution in [0.2, 0.25) is 0 Å².